The maximum absolute atomic E-state index is 14.5. The molecule has 39 heavy (non-hydrogen) atoms. The van der Waals surface area contributed by atoms with Crippen LogP contribution in [0.15, 0.2) is 91.0 Å². The van der Waals surface area contributed by atoms with Gasteiger partial charge in [-0.15, -0.1) is 0 Å². The number of hydroxylamine groups is 2. The Kier molecular flexibility index (Phi) is 5.88. The van der Waals surface area contributed by atoms with Gasteiger partial charge in [0, 0.05) is 11.6 Å². The van der Waals surface area contributed by atoms with Crippen molar-refractivity contribution in [3.8, 4) is 11.1 Å². The van der Waals surface area contributed by atoms with Gasteiger partial charge in [-0.05, 0) is 52.6 Å². The molecule has 2 aliphatic rings. The lowest BCUT2D eigenvalue weighted by molar-refractivity contribution is -0.0587. The summed E-state index contributed by atoms with van der Waals surface area (Å²) in [5, 5.41) is 2.77. The van der Waals surface area contributed by atoms with Crippen LogP contribution in [-0.4, -0.2) is 35.5 Å². The molecule has 192 valence electrons. The SMILES string of the molecule is O=C(Nc1ccc(F)c(C(=O)ON2C(=O)c3ccccc3C2=O)c1)OCC1c2ccccc2-c2ccccc21. The smallest absolute Gasteiger partial charge is 0.411 e. The first-order valence-electron chi connectivity index (χ1n) is 12.0. The Labute approximate surface area is 221 Å². The van der Waals surface area contributed by atoms with E-state index in [2.05, 4.69) is 5.32 Å². The molecule has 0 saturated carbocycles. The van der Waals surface area contributed by atoms with Crippen molar-refractivity contribution in [1.82, 2.24) is 5.06 Å². The first kappa shape index (κ1) is 24.1. The molecule has 6 rings (SSSR count). The van der Waals surface area contributed by atoms with Crippen molar-refractivity contribution in [1.29, 1.82) is 0 Å². The number of anilines is 1. The molecule has 1 aliphatic carbocycles. The number of nitrogens with zero attached hydrogens (tertiary/aromatic N) is 1. The second-order valence-corrected chi connectivity index (χ2v) is 8.97. The molecule has 0 saturated heterocycles. The minimum absolute atomic E-state index is 0.0583. The molecular formula is C30H19FN2O6. The number of amides is 3. The van der Waals surface area contributed by atoms with Gasteiger partial charge in [-0.1, -0.05) is 65.7 Å². The van der Waals surface area contributed by atoms with Gasteiger partial charge in [-0.25, -0.2) is 14.0 Å². The molecule has 1 aliphatic heterocycles. The Hall–Kier alpha value is -5.31. The maximum atomic E-state index is 14.5. The molecule has 0 fully saturated rings. The van der Waals surface area contributed by atoms with Gasteiger partial charge in [-0.2, -0.15) is 0 Å². The van der Waals surface area contributed by atoms with E-state index in [9.17, 15) is 23.6 Å². The third-order valence-corrected chi connectivity index (χ3v) is 6.71. The first-order chi connectivity index (χ1) is 18.9. The highest BCUT2D eigenvalue weighted by Gasteiger charge is 2.39. The lowest BCUT2D eigenvalue weighted by Gasteiger charge is -2.15. The Morgan fingerprint density at radius 2 is 1.31 bits per heavy atom. The second-order valence-electron chi connectivity index (χ2n) is 8.97. The fourth-order valence-corrected chi connectivity index (χ4v) is 4.89. The summed E-state index contributed by atoms with van der Waals surface area (Å²) in [6, 6.07) is 25.0. The van der Waals surface area contributed by atoms with E-state index in [0.717, 1.165) is 34.4 Å². The highest BCUT2D eigenvalue weighted by atomic mass is 19.1. The Bertz CT molecular complexity index is 1600. The summed E-state index contributed by atoms with van der Waals surface area (Å²) in [5.41, 5.74) is 3.88. The van der Waals surface area contributed by atoms with Crippen molar-refractivity contribution in [3.63, 3.8) is 0 Å². The van der Waals surface area contributed by atoms with E-state index in [1.807, 2.05) is 48.5 Å². The summed E-state index contributed by atoms with van der Waals surface area (Å²) in [5.74, 6) is -4.07. The highest BCUT2D eigenvalue weighted by molar-refractivity contribution is 6.21. The molecule has 1 heterocycles. The number of fused-ring (bicyclic) bond motifs is 4. The molecule has 4 aromatic carbocycles. The Morgan fingerprint density at radius 3 is 1.90 bits per heavy atom. The van der Waals surface area contributed by atoms with E-state index in [1.165, 1.54) is 18.2 Å². The average Bonchev–Trinajstić information content (AvgIpc) is 3.40. The summed E-state index contributed by atoms with van der Waals surface area (Å²) < 4.78 is 20.0. The van der Waals surface area contributed by atoms with Crippen LogP contribution >= 0.6 is 0 Å². The van der Waals surface area contributed by atoms with Gasteiger partial charge < -0.3 is 9.57 Å². The summed E-state index contributed by atoms with van der Waals surface area (Å²) in [7, 11) is 0. The van der Waals surface area contributed by atoms with Crippen LogP contribution in [0.4, 0.5) is 14.9 Å². The number of nitrogens with one attached hydrogen (secondary N) is 1. The van der Waals surface area contributed by atoms with Gasteiger partial charge in [0.05, 0.1) is 16.7 Å². The number of rotatable bonds is 5. The zero-order chi connectivity index (χ0) is 27.1. The maximum Gasteiger partial charge on any atom is 0.411 e. The van der Waals surface area contributed by atoms with E-state index >= 15 is 0 Å². The highest BCUT2D eigenvalue weighted by Crippen LogP contribution is 2.44. The summed E-state index contributed by atoms with van der Waals surface area (Å²) in [4.78, 5) is 55.2. The molecule has 0 atom stereocenters. The fourth-order valence-electron chi connectivity index (χ4n) is 4.89. The van der Waals surface area contributed by atoms with Crippen LogP contribution in [0.2, 0.25) is 0 Å². The second kappa shape index (κ2) is 9.53. The van der Waals surface area contributed by atoms with Crippen LogP contribution < -0.4 is 5.32 Å². The molecule has 9 heteroatoms. The van der Waals surface area contributed by atoms with Crippen LogP contribution in [0.5, 0.6) is 0 Å². The number of imide groups is 1. The Balaban J connectivity index is 1.13. The number of hydrogen-bond donors (Lipinski definition) is 1. The number of ether oxygens (including phenoxy) is 1. The van der Waals surface area contributed by atoms with Crippen molar-refractivity contribution < 1.29 is 33.1 Å². The molecule has 1 N–H and O–H groups in total. The van der Waals surface area contributed by atoms with Gasteiger partial charge in [0.1, 0.15) is 12.4 Å². The number of hydrogen-bond acceptors (Lipinski definition) is 6. The fraction of sp³-hybridized carbons (Fsp3) is 0.0667. The van der Waals surface area contributed by atoms with Crippen molar-refractivity contribution in [2.75, 3.05) is 11.9 Å². The number of carbonyl (C=O) groups is 4. The van der Waals surface area contributed by atoms with Gasteiger partial charge in [0.15, 0.2) is 0 Å². The lowest BCUT2D eigenvalue weighted by Crippen LogP contribution is -2.33. The number of benzene rings is 4. The minimum atomic E-state index is -1.28. The minimum Gasteiger partial charge on any atom is -0.448 e. The van der Waals surface area contributed by atoms with Crippen LogP contribution in [0.25, 0.3) is 11.1 Å². The van der Waals surface area contributed by atoms with Crippen LogP contribution in [0.3, 0.4) is 0 Å². The monoisotopic (exact) mass is 522 g/mol. The van der Waals surface area contributed by atoms with Gasteiger partial charge in [0.2, 0.25) is 0 Å². The predicted molar refractivity (Wildman–Crippen MR) is 137 cm³/mol. The van der Waals surface area contributed by atoms with Crippen molar-refractivity contribution >= 4 is 29.6 Å². The third kappa shape index (κ3) is 4.19. The molecule has 0 spiro atoms. The third-order valence-electron chi connectivity index (χ3n) is 6.71. The first-order valence-corrected chi connectivity index (χ1v) is 12.0. The summed E-state index contributed by atoms with van der Waals surface area (Å²) in [6.07, 6.45) is -0.803. The number of carbonyl (C=O) groups excluding carboxylic acids is 4. The van der Waals surface area contributed by atoms with Crippen molar-refractivity contribution in [2.24, 2.45) is 0 Å². The zero-order valence-corrected chi connectivity index (χ0v) is 20.2. The molecule has 8 nitrogen and oxygen atoms in total. The van der Waals surface area contributed by atoms with Crippen LogP contribution in [0.1, 0.15) is 48.1 Å². The zero-order valence-electron chi connectivity index (χ0n) is 20.2. The van der Waals surface area contributed by atoms with E-state index in [-0.39, 0.29) is 34.4 Å². The van der Waals surface area contributed by atoms with E-state index in [4.69, 9.17) is 9.57 Å². The van der Waals surface area contributed by atoms with Crippen molar-refractivity contribution in [2.45, 2.75) is 5.92 Å². The topological polar surface area (TPSA) is 102 Å². The van der Waals surface area contributed by atoms with E-state index in [0.29, 0.717) is 0 Å². The van der Waals surface area contributed by atoms with E-state index in [1.54, 1.807) is 12.1 Å². The van der Waals surface area contributed by atoms with Crippen molar-refractivity contribution in [3.05, 3.63) is 125 Å². The van der Waals surface area contributed by atoms with Gasteiger partial charge in [-0.3, -0.25) is 14.9 Å². The molecule has 0 unspecified atom stereocenters. The van der Waals surface area contributed by atoms with Crippen LogP contribution in [0, 0.1) is 5.82 Å². The number of halogens is 1. The Morgan fingerprint density at radius 1 is 0.769 bits per heavy atom. The molecule has 0 radical (unpaired) electrons. The molecule has 3 amide bonds. The molecule has 0 aromatic heterocycles. The average molecular weight is 522 g/mol. The van der Waals surface area contributed by atoms with Crippen LogP contribution in [-0.2, 0) is 9.57 Å². The van der Waals surface area contributed by atoms with Gasteiger partial charge >= 0.3 is 12.1 Å². The molecular weight excluding hydrogens is 503 g/mol. The summed E-state index contributed by atoms with van der Waals surface area (Å²) >= 11 is 0. The summed E-state index contributed by atoms with van der Waals surface area (Å²) in [6.45, 7) is 0.0652. The largest absolute Gasteiger partial charge is 0.448 e. The van der Waals surface area contributed by atoms with Gasteiger partial charge in [0.25, 0.3) is 11.8 Å². The molecule has 0 bridgehead atoms. The standard InChI is InChI=1S/C30H19FN2O6/c31-26-14-13-17(15-24(26)29(36)39-33-27(34)22-11-5-6-12-23(22)28(33)35)32-30(37)38-16-25-20-9-3-1-7-18(20)19-8-2-4-10-21(19)25/h1-15,25H,16H2,(H,32,37). The quantitative estimate of drug-likeness (QED) is 0.345. The van der Waals surface area contributed by atoms with E-state index < -0.39 is 35.3 Å². The molecule has 4 aromatic rings. The lowest BCUT2D eigenvalue weighted by atomic mass is 9.98. The normalized spacial score (nSPS) is 13.5. The predicted octanol–water partition coefficient (Wildman–Crippen LogP) is 5.55.